The molecule has 0 aromatic carbocycles. The number of carbonyl (C=O) groups is 3. The molecule has 6 rings (SSSR count). The van der Waals surface area contributed by atoms with Crippen LogP contribution in [0.5, 0.6) is 0 Å². The Labute approximate surface area is 259 Å². The second-order valence-corrected chi connectivity index (χ2v) is 17.5. The zero-order chi connectivity index (χ0) is 31.4. The predicted octanol–water partition coefficient (Wildman–Crippen LogP) is 7.92. The Hall–Kier alpha value is -2.29. The number of fused-ring (bicyclic) bond motifs is 7. The van der Waals surface area contributed by atoms with Gasteiger partial charge in [0.25, 0.3) is 0 Å². The van der Waals surface area contributed by atoms with Gasteiger partial charge in [0, 0.05) is 42.2 Å². The molecule has 0 saturated heterocycles. The van der Waals surface area contributed by atoms with Crippen molar-refractivity contribution in [2.45, 2.75) is 132 Å². The Balaban J connectivity index is 1.39. The third-order valence-corrected chi connectivity index (χ3v) is 14.5. The maximum Gasteiger partial charge on any atom is 0.248 e. The van der Waals surface area contributed by atoms with Crippen molar-refractivity contribution in [3.8, 4) is 12.5 Å². The van der Waals surface area contributed by atoms with Crippen LogP contribution < -0.4 is 0 Å². The van der Waals surface area contributed by atoms with Gasteiger partial charge in [0.2, 0.25) is 5.91 Å². The minimum atomic E-state index is -1.09. The zero-order valence-corrected chi connectivity index (χ0v) is 27.9. The Morgan fingerprint density at radius 1 is 0.977 bits per heavy atom. The number of rotatable bonds is 5. The summed E-state index contributed by atoms with van der Waals surface area (Å²) in [5.41, 5.74) is -0.706. The van der Waals surface area contributed by atoms with Gasteiger partial charge in [-0.05, 0) is 92.8 Å². The van der Waals surface area contributed by atoms with E-state index in [0.29, 0.717) is 49.8 Å². The SMILES string of the molecule is C#CN(CCCC1(C)N=N1)C(=O)[C@]12CCC(C)(C)C[C@H]1C1=CC[C@@H]3[C@@]4(C)CCC(=O)C(C)(C)[C@@H]4CC[C@@]3(C)[C@]1(C)CC2=O. The maximum absolute atomic E-state index is 14.8. The van der Waals surface area contributed by atoms with Crippen LogP contribution in [0.2, 0.25) is 0 Å². The van der Waals surface area contributed by atoms with E-state index in [9.17, 15) is 14.4 Å². The Bertz CT molecular complexity index is 1360. The van der Waals surface area contributed by atoms with E-state index >= 15 is 0 Å². The van der Waals surface area contributed by atoms with Crippen molar-refractivity contribution in [1.82, 2.24) is 4.90 Å². The largest absolute Gasteiger partial charge is 0.299 e. The van der Waals surface area contributed by atoms with Crippen molar-refractivity contribution in [3.63, 3.8) is 0 Å². The van der Waals surface area contributed by atoms with Gasteiger partial charge in [0.1, 0.15) is 17.0 Å². The van der Waals surface area contributed by atoms with Gasteiger partial charge in [-0.15, -0.1) is 0 Å². The summed E-state index contributed by atoms with van der Waals surface area (Å²) in [6, 6.07) is 2.68. The van der Waals surface area contributed by atoms with E-state index in [-0.39, 0.29) is 50.3 Å². The van der Waals surface area contributed by atoms with E-state index in [1.807, 2.05) is 6.92 Å². The average molecular weight is 588 g/mol. The molecule has 1 aliphatic heterocycles. The van der Waals surface area contributed by atoms with E-state index in [4.69, 9.17) is 6.42 Å². The van der Waals surface area contributed by atoms with Crippen LogP contribution in [-0.2, 0) is 14.4 Å². The number of amides is 1. The first-order valence-electron chi connectivity index (χ1n) is 16.9. The lowest BCUT2D eigenvalue weighted by atomic mass is 9.33. The molecule has 1 heterocycles. The molecular weight excluding hydrogens is 534 g/mol. The molecule has 0 aromatic heterocycles. The fourth-order valence-electron chi connectivity index (χ4n) is 11.5. The minimum absolute atomic E-state index is 0.0352. The average Bonchev–Trinajstić information content (AvgIpc) is 3.66. The van der Waals surface area contributed by atoms with Crippen LogP contribution in [0.15, 0.2) is 21.9 Å². The molecule has 1 amide bonds. The van der Waals surface area contributed by atoms with Gasteiger partial charge in [-0.3, -0.25) is 19.3 Å². The number of Topliss-reactive ketones (excluding diaryl/α,β-unsaturated/α-hetero) is 2. The Morgan fingerprint density at radius 3 is 2.33 bits per heavy atom. The van der Waals surface area contributed by atoms with E-state index in [2.05, 4.69) is 70.8 Å². The van der Waals surface area contributed by atoms with Gasteiger partial charge < -0.3 is 0 Å². The van der Waals surface area contributed by atoms with Crippen molar-refractivity contribution in [3.05, 3.63) is 11.6 Å². The molecule has 0 radical (unpaired) electrons. The number of carbonyl (C=O) groups excluding carboxylic acids is 3. The third kappa shape index (κ3) is 4.15. The van der Waals surface area contributed by atoms with E-state index in [1.54, 1.807) is 0 Å². The highest BCUT2D eigenvalue weighted by Gasteiger charge is 2.71. The van der Waals surface area contributed by atoms with Crippen molar-refractivity contribution in [2.75, 3.05) is 6.54 Å². The van der Waals surface area contributed by atoms with Crippen LogP contribution in [0.1, 0.15) is 126 Å². The van der Waals surface area contributed by atoms with Crippen LogP contribution >= 0.6 is 0 Å². The smallest absolute Gasteiger partial charge is 0.248 e. The first-order chi connectivity index (χ1) is 19.9. The second-order valence-electron chi connectivity index (χ2n) is 17.5. The first kappa shape index (κ1) is 30.7. The lowest BCUT2D eigenvalue weighted by Gasteiger charge is -2.70. The summed E-state index contributed by atoms with van der Waals surface area (Å²) in [6.45, 7) is 18.6. The number of nitrogens with zero attached hydrogens (tertiary/aromatic N) is 3. The second kappa shape index (κ2) is 9.37. The van der Waals surface area contributed by atoms with Crippen LogP contribution in [0.25, 0.3) is 0 Å². The van der Waals surface area contributed by atoms with Crippen LogP contribution in [0.4, 0.5) is 0 Å². The van der Waals surface area contributed by atoms with E-state index < -0.39 is 5.41 Å². The maximum atomic E-state index is 14.8. The summed E-state index contributed by atoms with van der Waals surface area (Å²) in [5.74, 6) is 0.970. The van der Waals surface area contributed by atoms with E-state index in [1.165, 1.54) is 10.5 Å². The minimum Gasteiger partial charge on any atom is -0.299 e. The van der Waals surface area contributed by atoms with Crippen molar-refractivity contribution < 1.29 is 14.4 Å². The molecule has 234 valence electrons. The molecule has 6 aliphatic rings. The van der Waals surface area contributed by atoms with Crippen LogP contribution in [0.3, 0.4) is 0 Å². The van der Waals surface area contributed by atoms with Crippen LogP contribution in [0, 0.1) is 62.7 Å². The first-order valence-corrected chi connectivity index (χ1v) is 16.9. The summed E-state index contributed by atoms with van der Waals surface area (Å²) in [4.78, 5) is 44.1. The molecule has 0 spiro atoms. The lowest BCUT2D eigenvalue weighted by Crippen LogP contribution is -2.67. The summed E-state index contributed by atoms with van der Waals surface area (Å²) in [5, 5.41) is 8.22. The lowest BCUT2D eigenvalue weighted by molar-refractivity contribution is -0.188. The fraction of sp³-hybridized carbons (Fsp3) is 0.811. The summed E-state index contributed by atoms with van der Waals surface area (Å²) >= 11 is 0. The summed E-state index contributed by atoms with van der Waals surface area (Å²) in [7, 11) is 0. The molecule has 0 N–H and O–H groups in total. The van der Waals surface area contributed by atoms with Crippen molar-refractivity contribution in [1.29, 1.82) is 0 Å². The zero-order valence-electron chi connectivity index (χ0n) is 27.9. The van der Waals surface area contributed by atoms with E-state index in [0.717, 1.165) is 44.9 Å². The summed E-state index contributed by atoms with van der Waals surface area (Å²) in [6.07, 6.45) is 17.1. The highest BCUT2D eigenvalue weighted by Crippen LogP contribution is 2.75. The molecule has 7 atom stereocenters. The quantitative estimate of drug-likeness (QED) is 0.142. The highest BCUT2D eigenvalue weighted by molar-refractivity contribution is 6.08. The van der Waals surface area contributed by atoms with Crippen LogP contribution in [-0.4, -0.2) is 34.6 Å². The van der Waals surface area contributed by atoms with Gasteiger partial charge in [0.15, 0.2) is 5.66 Å². The molecule has 6 nitrogen and oxygen atoms in total. The molecule has 43 heavy (non-hydrogen) atoms. The van der Waals surface area contributed by atoms with Gasteiger partial charge in [0.05, 0.1) is 0 Å². The molecule has 0 unspecified atom stereocenters. The molecular formula is C37H53N3O3. The molecule has 0 aromatic rings. The molecule has 4 saturated carbocycles. The Morgan fingerprint density at radius 2 is 1.67 bits per heavy atom. The van der Waals surface area contributed by atoms with Gasteiger partial charge in [-0.1, -0.05) is 66.5 Å². The predicted molar refractivity (Wildman–Crippen MR) is 167 cm³/mol. The topological polar surface area (TPSA) is 79.2 Å². The molecule has 0 bridgehead atoms. The fourth-order valence-corrected chi connectivity index (χ4v) is 11.5. The van der Waals surface area contributed by atoms with Crippen molar-refractivity contribution in [2.24, 2.45) is 60.5 Å². The van der Waals surface area contributed by atoms with Gasteiger partial charge in [-0.2, -0.15) is 10.2 Å². The number of hydrogen-bond acceptors (Lipinski definition) is 5. The van der Waals surface area contributed by atoms with Gasteiger partial charge in [-0.25, -0.2) is 0 Å². The number of terminal acetylenes is 1. The standard InChI is InChI=1S/C37H53N3O3/c1-10-40(21-11-16-36(9)38-39-36)30(43)37-20-19-31(2,3)22-25(37)24-12-13-27-33(6)17-15-28(41)32(4,5)26(33)14-18-34(27,7)35(24,8)23-29(37)42/h1,12,25-27H,11,13-23H2,2-9H3/t25-,26-,27+,33-,34+,35+,37+/m0/s1. The van der Waals surface area contributed by atoms with Crippen molar-refractivity contribution >= 4 is 17.5 Å². The number of ketones is 2. The number of hydrogen-bond donors (Lipinski definition) is 0. The normalized spacial score (nSPS) is 43.2. The third-order valence-electron chi connectivity index (χ3n) is 14.5. The van der Waals surface area contributed by atoms with Gasteiger partial charge >= 0.3 is 0 Å². The monoisotopic (exact) mass is 587 g/mol. The molecule has 6 heteroatoms. The Kier molecular flexibility index (Phi) is 6.69. The molecule has 4 fully saturated rings. The highest BCUT2D eigenvalue weighted by atomic mass is 16.2. The number of allylic oxidation sites excluding steroid dienone is 2. The summed E-state index contributed by atoms with van der Waals surface area (Å²) < 4.78 is 0. The molecule has 5 aliphatic carbocycles.